The van der Waals surface area contributed by atoms with E-state index in [-0.39, 0.29) is 5.91 Å². The monoisotopic (exact) mass is 198 g/mol. The second kappa shape index (κ2) is 6.82. The molecule has 3 nitrogen and oxygen atoms in total. The van der Waals surface area contributed by atoms with Crippen LogP contribution < -0.4 is 10.6 Å². The van der Waals surface area contributed by atoms with Crippen molar-refractivity contribution in [3.8, 4) is 0 Å². The first kappa shape index (κ1) is 11.5. The standard InChI is InChI=1S/C11H22N2O/c1-12-9-11(14)13-8-4-7-10-5-2-3-6-10/h10,12H,2-9H2,1H3,(H,13,14). The van der Waals surface area contributed by atoms with E-state index in [0.717, 1.165) is 18.9 Å². The molecular weight excluding hydrogens is 176 g/mol. The minimum atomic E-state index is 0.110. The Morgan fingerprint density at radius 3 is 2.71 bits per heavy atom. The lowest BCUT2D eigenvalue weighted by atomic mass is 10.0. The first-order valence-corrected chi connectivity index (χ1v) is 5.74. The Kier molecular flexibility index (Phi) is 5.60. The minimum absolute atomic E-state index is 0.110. The van der Waals surface area contributed by atoms with Crippen LogP contribution in [0.5, 0.6) is 0 Å². The van der Waals surface area contributed by atoms with Gasteiger partial charge >= 0.3 is 0 Å². The molecule has 0 spiro atoms. The van der Waals surface area contributed by atoms with Crippen LogP contribution in [-0.4, -0.2) is 26.0 Å². The number of rotatable bonds is 6. The number of amides is 1. The highest BCUT2D eigenvalue weighted by molar-refractivity contribution is 5.77. The number of carbonyl (C=O) groups is 1. The number of nitrogens with one attached hydrogen (secondary N) is 2. The van der Waals surface area contributed by atoms with Crippen LogP contribution in [0.3, 0.4) is 0 Å². The van der Waals surface area contributed by atoms with E-state index < -0.39 is 0 Å². The molecule has 14 heavy (non-hydrogen) atoms. The summed E-state index contributed by atoms with van der Waals surface area (Å²) in [6.45, 7) is 1.28. The summed E-state index contributed by atoms with van der Waals surface area (Å²) < 4.78 is 0. The smallest absolute Gasteiger partial charge is 0.233 e. The molecule has 0 aromatic carbocycles. The van der Waals surface area contributed by atoms with Gasteiger partial charge in [0.15, 0.2) is 0 Å². The second-order valence-corrected chi connectivity index (χ2v) is 4.17. The fourth-order valence-electron chi connectivity index (χ4n) is 2.14. The normalized spacial score (nSPS) is 17.2. The highest BCUT2D eigenvalue weighted by Crippen LogP contribution is 2.28. The molecule has 1 aliphatic rings. The summed E-state index contributed by atoms with van der Waals surface area (Å²) in [6.07, 6.45) is 8.07. The van der Waals surface area contributed by atoms with Gasteiger partial charge in [-0.1, -0.05) is 25.7 Å². The predicted molar refractivity (Wildman–Crippen MR) is 58.1 cm³/mol. The molecule has 1 fully saturated rings. The molecule has 82 valence electrons. The molecule has 1 saturated carbocycles. The van der Waals surface area contributed by atoms with Crippen LogP contribution >= 0.6 is 0 Å². The number of hydrogen-bond acceptors (Lipinski definition) is 2. The van der Waals surface area contributed by atoms with Crippen LogP contribution in [0.4, 0.5) is 0 Å². The fraction of sp³-hybridized carbons (Fsp3) is 0.909. The van der Waals surface area contributed by atoms with Crippen molar-refractivity contribution >= 4 is 5.91 Å². The van der Waals surface area contributed by atoms with Crippen molar-refractivity contribution in [1.29, 1.82) is 0 Å². The maximum atomic E-state index is 11.1. The lowest BCUT2D eigenvalue weighted by Gasteiger charge is -2.08. The topological polar surface area (TPSA) is 41.1 Å². The molecule has 0 unspecified atom stereocenters. The molecule has 0 radical (unpaired) electrons. The van der Waals surface area contributed by atoms with Crippen molar-refractivity contribution in [2.75, 3.05) is 20.1 Å². The SMILES string of the molecule is CNCC(=O)NCCCC1CCCC1. The predicted octanol–water partition coefficient (Wildman–Crippen LogP) is 1.29. The van der Waals surface area contributed by atoms with Crippen LogP contribution in [0.25, 0.3) is 0 Å². The summed E-state index contributed by atoms with van der Waals surface area (Å²) in [4.78, 5) is 11.1. The highest BCUT2D eigenvalue weighted by Gasteiger charge is 2.13. The van der Waals surface area contributed by atoms with E-state index in [4.69, 9.17) is 0 Å². The van der Waals surface area contributed by atoms with Gasteiger partial charge in [0.25, 0.3) is 0 Å². The summed E-state index contributed by atoms with van der Waals surface area (Å²) >= 11 is 0. The van der Waals surface area contributed by atoms with Gasteiger partial charge in [-0.3, -0.25) is 4.79 Å². The van der Waals surface area contributed by atoms with Crippen molar-refractivity contribution in [1.82, 2.24) is 10.6 Å². The highest BCUT2D eigenvalue weighted by atomic mass is 16.1. The maximum Gasteiger partial charge on any atom is 0.233 e. The van der Waals surface area contributed by atoms with Gasteiger partial charge in [0.05, 0.1) is 6.54 Å². The zero-order valence-electron chi connectivity index (χ0n) is 9.14. The van der Waals surface area contributed by atoms with E-state index in [1.165, 1.54) is 32.1 Å². The van der Waals surface area contributed by atoms with Gasteiger partial charge in [0.2, 0.25) is 5.91 Å². The number of hydrogen-bond donors (Lipinski definition) is 2. The van der Waals surface area contributed by atoms with Crippen LogP contribution in [0.1, 0.15) is 38.5 Å². The van der Waals surface area contributed by atoms with Gasteiger partial charge in [0.1, 0.15) is 0 Å². The molecule has 0 bridgehead atoms. The first-order valence-electron chi connectivity index (χ1n) is 5.74. The van der Waals surface area contributed by atoms with Crippen molar-refractivity contribution in [2.24, 2.45) is 5.92 Å². The Bertz CT molecular complexity index is 165. The van der Waals surface area contributed by atoms with Gasteiger partial charge < -0.3 is 10.6 Å². The van der Waals surface area contributed by atoms with Crippen LogP contribution in [-0.2, 0) is 4.79 Å². The summed E-state index contributed by atoms with van der Waals surface area (Å²) in [5, 5.41) is 5.74. The molecule has 0 saturated heterocycles. The van der Waals surface area contributed by atoms with Gasteiger partial charge in [-0.15, -0.1) is 0 Å². The summed E-state index contributed by atoms with van der Waals surface area (Å²) in [5.74, 6) is 1.05. The van der Waals surface area contributed by atoms with Gasteiger partial charge in [-0.25, -0.2) is 0 Å². The molecule has 0 heterocycles. The van der Waals surface area contributed by atoms with E-state index in [9.17, 15) is 4.79 Å². The fourth-order valence-corrected chi connectivity index (χ4v) is 2.14. The molecule has 0 atom stereocenters. The average molecular weight is 198 g/mol. The van der Waals surface area contributed by atoms with Crippen molar-refractivity contribution in [3.63, 3.8) is 0 Å². The van der Waals surface area contributed by atoms with E-state index in [1.54, 1.807) is 7.05 Å². The zero-order valence-corrected chi connectivity index (χ0v) is 9.14. The maximum absolute atomic E-state index is 11.1. The van der Waals surface area contributed by atoms with E-state index in [0.29, 0.717) is 6.54 Å². The van der Waals surface area contributed by atoms with E-state index in [2.05, 4.69) is 10.6 Å². The lowest BCUT2D eigenvalue weighted by Crippen LogP contribution is -2.32. The van der Waals surface area contributed by atoms with E-state index in [1.807, 2.05) is 0 Å². The molecular formula is C11H22N2O. The van der Waals surface area contributed by atoms with Gasteiger partial charge in [-0.2, -0.15) is 0 Å². The summed E-state index contributed by atoms with van der Waals surface area (Å²) in [5.41, 5.74) is 0. The Morgan fingerprint density at radius 1 is 1.36 bits per heavy atom. The van der Waals surface area contributed by atoms with Crippen molar-refractivity contribution in [3.05, 3.63) is 0 Å². The third kappa shape index (κ3) is 4.61. The first-order chi connectivity index (χ1) is 6.83. The molecule has 3 heteroatoms. The molecule has 0 aliphatic heterocycles. The minimum Gasteiger partial charge on any atom is -0.355 e. The molecule has 0 aromatic heterocycles. The molecule has 0 aromatic rings. The number of carbonyl (C=O) groups excluding carboxylic acids is 1. The molecule has 1 amide bonds. The quantitative estimate of drug-likeness (QED) is 0.631. The zero-order chi connectivity index (χ0) is 10.2. The summed E-state index contributed by atoms with van der Waals surface area (Å²) in [7, 11) is 1.79. The third-order valence-electron chi connectivity index (χ3n) is 2.92. The number of likely N-dealkylation sites (N-methyl/N-ethyl adjacent to an activating group) is 1. The summed E-state index contributed by atoms with van der Waals surface area (Å²) in [6, 6.07) is 0. The van der Waals surface area contributed by atoms with Crippen molar-refractivity contribution < 1.29 is 4.79 Å². The van der Waals surface area contributed by atoms with E-state index >= 15 is 0 Å². The van der Waals surface area contributed by atoms with Crippen LogP contribution in [0, 0.1) is 5.92 Å². The Hall–Kier alpha value is -0.570. The second-order valence-electron chi connectivity index (χ2n) is 4.17. The largest absolute Gasteiger partial charge is 0.355 e. The van der Waals surface area contributed by atoms with Crippen LogP contribution in [0.2, 0.25) is 0 Å². The lowest BCUT2D eigenvalue weighted by molar-refractivity contribution is -0.120. The van der Waals surface area contributed by atoms with Crippen LogP contribution in [0.15, 0.2) is 0 Å². The third-order valence-corrected chi connectivity index (χ3v) is 2.92. The van der Waals surface area contributed by atoms with Crippen molar-refractivity contribution in [2.45, 2.75) is 38.5 Å². The molecule has 2 N–H and O–H groups in total. The van der Waals surface area contributed by atoms with Gasteiger partial charge in [-0.05, 0) is 25.8 Å². The Morgan fingerprint density at radius 2 is 2.07 bits per heavy atom. The Balaban J connectivity index is 1.90. The van der Waals surface area contributed by atoms with Gasteiger partial charge in [0, 0.05) is 6.54 Å². The Labute approximate surface area is 86.6 Å². The average Bonchev–Trinajstić information content (AvgIpc) is 2.65. The molecule has 1 aliphatic carbocycles. The molecule has 1 rings (SSSR count).